The van der Waals surface area contributed by atoms with Crippen LogP contribution in [0.5, 0.6) is 0 Å². The molecular weight excluding hydrogens is 356 g/mol. The maximum atomic E-state index is 10.6. The Bertz CT molecular complexity index is 527. The van der Waals surface area contributed by atoms with Crippen molar-refractivity contribution < 1.29 is 14.9 Å². The van der Waals surface area contributed by atoms with E-state index in [1.165, 1.54) is 12.8 Å². The third-order valence-electron chi connectivity index (χ3n) is 8.92. The Kier molecular flexibility index (Phi) is 3.22. The molecule has 0 aromatic carbocycles. The molecule has 23 heavy (non-hydrogen) atoms. The van der Waals surface area contributed by atoms with Gasteiger partial charge >= 0.3 is 0 Å². The summed E-state index contributed by atoms with van der Waals surface area (Å²) in [6.07, 6.45) is 8.55. The lowest BCUT2D eigenvalue weighted by Crippen LogP contribution is -2.63. The van der Waals surface area contributed by atoms with E-state index in [-0.39, 0.29) is 33.5 Å². The second-order valence-electron chi connectivity index (χ2n) is 9.47. The lowest BCUT2D eigenvalue weighted by molar-refractivity contribution is -0.112. The second kappa shape index (κ2) is 4.75. The van der Waals surface area contributed by atoms with Gasteiger partial charge in [-0.3, -0.25) is 0 Å². The van der Waals surface area contributed by atoms with Gasteiger partial charge in [-0.05, 0) is 74.5 Å². The van der Waals surface area contributed by atoms with E-state index in [1.807, 2.05) is 0 Å². The van der Waals surface area contributed by atoms with E-state index in [9.17, 15) is 10.2 Å². The number of halogens is 1. The monoisotopic (exact) mass is 384 g/mol. The predicted molar refractivity (Wildman–Crippen MR) is 91.4 cm³/mol. The summed E-state index contributed by atoms with van der Waals surface area (Å²) < 4.78 is 6.34. The fourth-order valence-electron chi connectivity index (χ4n) is 7.68. The summed E-state index contributed by atoms with van der Waals surface area (Å²) in [5.74, 6) is 2.08. The van der Waals surface area contributed by atoms with Crippen molar-refractivity contribution in [3.63, 3.8) is 0 Å². The first-order chi connectivity index (χ1) is 10.9. The van der Waals surface area contributed by atoms with Crippen molar-refractivity contribution >= 4 is 15.9 Å². The number of aliphatic hydroxyl groups excluding tert-OH is 2. The van der Waals surface area contributed by atoms with E-state index in [0.717, 1.165) is 45.1 Å². The first kappa shape index (κ1) is 15.6. The Morgan fingerprint density at radius 1 is 1.04 bits per heavy atom. The SMILES string of the molecule is C[C@]12CC[C@@H]3[C@H](C[C@H]4OC[C@@]35CC[C@H](O)C[C@]45Br)[C@H]1CC[C@@H]2O. The van der Waals surface area contributed by atoms with E-state index in [0.29, 0.717) is 17.8 Å². The van der Waals surface area contributed by atoms with Gasteiger partial charge in [0.15, 0.2) is 0 Å². The molecule has 4 aliphatic carbocycles. The molecule has 0 amide bonds. The van der Waals surface area contributed by atoms with Crippen LogP contribution in [0.15, 0.2) is 0 Å². The Morgan fingerprint density at radius 2 is 1.87 bits per heavy atom. The molecule has 0 aromatic rings. The van der Waals surface area contributed by atoms with Gasteiger partial charge in [-0.15, -0.1) is 0 Å². The molecule has 9 atom stereocenters. The van der Waals surface area contributed by atoms with Crippen LogP contribution >= 0.6 is 15.9 Å². The zero-order valence-electron chi connectivity index (χ0n) is 14.0. The summed E-state index contributed by atoms with van der Waals surface area (Å²) in [6, 6.07) is 0. The van der Waals surface area contributed by atoms with Crippen molar-refractivity contribution in [2.24, 2.45) is 28.6 Å². The third kappa shape index (κ3) is 1.72. The van der Waals surface area contributed by atoms with E-state index in [1.54, 1.807) is 0 Å². The second-order valence-corrected chi connectivity index (χ2v) is 10.9. The van der Waals surface area contributed by atoms with Crippen LogP contribution in [-0.4, -0.2) is 39.5 Å². The maximum Gasteiger partial charge on any atom is 0.0738 e. The summed E-state index contributed by atoms with van der Waals surface area (Å²) in [7, 11) is 0. The maximum absolute atomic E-state index is 10.6. The van der Waals surface area contributed by atoms with E-state index < -0.39 is 0 Å². The van der Waals surface area contributed by atoms with Crippen LogP contribution in [-0.2, 0) is 4.74 Å². The van der Waals surface area contributed by atoms with Crippen molar-refractivity contribution in [2.75, 3.05) is 6.61 Å². The summed E-state index contributed by atoms with van der Waals surface area (Å²) in [5, 5.41) is 20.8. The van der Waals surface area contributed by atoms with Crippen LogP contribution in [0.3, 0.4) is 0 Å². The summed E-state index contributed by atoms with van der Waals surface area (Å²) in [5.41, 5.74) is 0.354. The van der Waals surface area contributed by atoms with Gasteiger partial charge < -0.3 is 14.9 Å². The highest BCUT2D eigenvalue weighted by Gasteiger charge is 2.72. The largest absolute Gasteiger partial charge is 0.393 e. The van der Waals surface area contributed by atoms with Crippen molar-refractivity contribution in [3.05, 3.63) is 0 Å². The van der Waals surface area contributed by atoms with E-state index in [4.69, 9.17) is 4.74 Å². The summed E-state index contributed by atoms with van der Waals surface area (Å²) in [6.45, 7) is 3.22. The molecule has 4 heteroatoms. The minimum absolute atomic E-state index is 0.0101. The highest BCUT2D eigenvalue weighted by Crippen LogP contribution is 2.72. The van der Waals surface area contributed by atoms with Gasteiger partial charge in [-0.25, -0.2) is 0 Å². The molecule has 0 unspecified atom stereocenters. The molecule has 3 nitrogen and oxygen atoms in total. The van der Waals surface area contributed by atoms with Gasteiger partial charge in [0.1, 0.15) is 0 Å². The molecule has 5 aliphatic rings. The Morgan fingerprint density at radius 3 is 2.70 bits per heavy atom. The van der Waals surface area contributed by atoms with E-state index >= 15 is 0 Å². The van der Waals surface area contributed by atoms with Crippen LogP contribution in [0.2, 0.25) is 0 Å². The number of hydrogen-bond donors (Lipinski definition) is 2. The highest BCUT2D eigenvalue weighted by atomic mass is 79.9. The molecule has 1 saturated heterocycles. The molecule has 5 rings (SSSR count). The van der Waals surface area contributed by atoms with E-state index in [2.05, 4.69) is 22.9 Å². The van der Waals surface area contributed by atoms with Gasteiger partial charge in [0.25, 0.3) is 0 Å². The van der Waals surface area contributed by atoms with Gasteiger partial charge in [0.05, 0.1) is 29.2 Å². The smallest absolute Gasteiger partial charge is 0.0738 e. The Labute approximate surface area is 147 Å². The molecule has 0 aromatic heterocycles. The molecular formula is C19H29BrO3. The van der Waals surface area contributed by atoms with Crippen LogP contribution in [0, 0.1) is 28.6 Å². The number of rotatable bonds is 0. The van der Waals surface area contributed by atoms with Gasteiger partial charge in [-0.2, -0.15) is 0 Å². The summed E-state index contributed by atoms with van der Waals surface area (Å²) in [4.78, 5) is 0. The molecule has 0 spiro atoms. The molecule has 2 N–H and O–H groups in total. The minimum Gasteiger partial charge on any atom is -0.393 e. The lowest BCUT2D eigenvalue weighted by Gasteiger charge is -2.62. The number of aliphatic hydroxyl groups is 2. The molecule has 130 valence electrons. The predicted octanol–water partition coefficient (Wildman–Crippen LogP) is 3.26. The van der Waals surface area contributed by atoms with Crippen LogP contribution in [0.4, 0.5) is 0 Å². The third-order valence-corrected chi connectivity index (χ3v) is 10.5. The Balaban J connectivity index is 1.55. The van der Waals surface area contributed by atoms with Crippen molar-refractivity contribution in [2.45, 2.75) is 80.9 Å². The first-order valence-corrected chi connectivity index (χ1v) is 10.4. The Hall–Kier alpha value is 0.360. The zero-order valence-corrected chi connectivity index (χ0v) is 15.6. The van der Waals surface area contributed by atoms with Crippen molar-refractivity contribution in [1.29, 1.82) is 0 Å². The standard InChI is InChI=1S/C19H29BrO3/c1-17-6-5-14-12(13(17)2-3-15(17)22)8-16-19(20)9-11(21)4-7-18(14,19)10-23-16/h11-16,21-22H,2-10H2,1H3/t11-,12+,13+,14+,15-,16+,17-,18-,19-/m0/s1. The minimum atomic E-state index is -0.176. The summed E-state index contributed by atoms with van der Waals surface area (Å²) >= 11 is 4.12. The fourth-order valence-corrected chi connectivity index (χ4v) is 8.98. The molecule has 0 radical (unpaired) electrons. The van der Waals surface area contributed by atoms with Crippen LogP contribution < -0.4 is 0 Å². The number of alkyl halides is 1. The topological polar surface area (TPSA) is 49.7 Å². The molecule has 5 fully saturated rings. The highest BCUT2D eigenvalue weighted by molar-refractivity contribution is 9.10. The fraction of sp³-hybridized carbons (Fsp3) is 1.00. The normalized spacial score (nSPS) is 64.2. The van der Waals surface area contributed by atoms with Crippen molar-refractivity contribution in [1.82, 2.24) is 0 Å². The number of ether oxygens (including phenoxy) is 1. The van der Waals surface area contributed by atoms with Gasteiger partial charge in [0.2, 0.25) is 0 Å². The number of fused-ring (bicyclic) bond motifs is 3. The molecule has 4 saturated carbocycles. The molecule has 1 heterocycles. The van der Waals surface area contributed by atoms with Crippen molar-refractivity contribution in [3.8, 4) is 0 Å². The molecule has 1 aliphatic heterocycles. The zero-order chi connectivity index (χ0) is 16.0. The average molecular weight is 385 g/mol. The van der Waals surface area contributed by atoms with Crippen LogP contribution in [0.25, 0.3) is 0 Å². The lowest BCUT2D eigenvalue weighted by atomic mass is 9.45. The first-order valence-electron chi connectivity index (χ1n) is 9.57. The quantitative estimate of drug-likeness (QED) is 0.630. The average Bonchev–Trinajstić information content (AvgIpc) is 2.88. The van der Waals surface area contributed by atoms with Crippen LogP contribution in [0.1, 0.15) is 58.3 Å². The molecule has 2 bridgehead atoms. The van der Waals surface area contributed by atoms with Gasteiger partial charge in [-0.1, -0.05) is 22.9 Å². The van der Waals surface area contributed by atoms with Gasteiger partial charge in [0, 0.05) is 5.41 Å². The number of hydrogen-bond acceptors (Lipinski definition) is 3.